The van der Waals surface area contributed by atoms with Crippen molar-refractivity contribution >= 4 is 11.8 Å². The maximum atomic E-state index is 13.2. The van der Waals surface area contributed by atoms with Gasteiger partial charge in [0.25, 0.3) is 0 Å². The van der Waals surface area contributed by atoms with Gasteiger partial charge in [-0.3, -0.25) is 0 Å². The van der Waals surface area contributed by atoms with Gasteiger partial charge < -0.3 is 14.8 Å². The summed E-state index contributed by atoms with van der Waals surface area (Å²) in [4.78, 5) is -0.0534. The highest BCUT2D eigenvalue weighted by Gasteiger charge is 2.38. The zero-order chi connectivity index (χ0) is 32.0. The fourth-order valence-corrected chi connectivity index (χ4v) is 5.52. The third-order valence-corrected chi connectivity index (χ3v) is 7.38. The van der Waals surface area contributed by atoms with Crippen molar-refractivity contribution in [2.24, 2.45) is 0 Å². The highest BCUT2D eigenvalue weighted by molar-refractivity contribution is 8.00. The molecule has 0 saturated heterocycles. The number of alkyl halides is 9. The number of hydrogen-bond donors (Lipinski definition) is 1. The quantitative estimate of drug-likeness (QED) is 0.130. The van der Waals surface area contributed by atoms with Crippen molar-refractivity contribution in [2.45, 2.75) is 41.5 Å². The van der Waals surface area contributed by atoms with Gasteiger partial charge in [-0.25, -0.2) is 0 Å². The van der Waals surface area contributed by atoms with Gasteiger partial charge in [-0.2, -0.15) is 13.2 Å². The minimum absolute atomic E-state index is 0.0534. The van der Waals surface area contributed by atoms with Crippen molar-refractivity contribution in [2.75, 3.05) is 6.54 Å². The molecule has 4 aromatic rings. The molecule has 4 aromatic carbocycles. The van der Waals surface area contributed by atoms with E-state index in [9.17, 15) is 39.5 Å². The Morgan fingerprint density at radius 2 is 1.11 bits per heavy atom. The first-order valence-electron chi connectivity index (χ1n) is 12.9. The first-order chi connectivity index (χ1) is 20.6. The molecule has 44 heavy (non-hydrogen) atoms. The average Bonchev–Trinajstić information content (AvgIpc) is 2.91. The van der Waals surface area contributed by atoms with E-state index in [0.29, 0.717) is 11.1 Å². The van der Waals surface area contributed by atoms with Gasteiger partial charge in [0.15, 0.2) is 0 Å². The predicted octanol–water partition coefficient (Wildman–Crippen LogP) is 9.41. The van der Waals surface area contributed by atoms with Crippen LogP contribution in [0.2, 0.25) is 0 Å². The van der Waals surface area contributed by atoms with E-state index in [0.717, 1.165) is 24.3 Å². The number of rotatable bonds is 11. The summed E-state index contributed by atoms with van der Waals surface area (Å²) in [7, 11) is 0. The van der Waals surface area contributed by atoms with Crippen molar-refractivity contribution in [3.05, 3.63) is 125 Å². The molecule has 0 unspecified atom stereocenters. The Hall–Kier alpha value is -3.84. The van der Waals surface area contributed by atoms with Crippen LogP contribution in [0.15, 0.2) is 108 Å². The van der Waals surface area contributed by atoms with Crippen LogP contribution in [0, 0.1) is 0 Å². The van der Waals surface area contributed by atoms with Crippen LogP contribution in [-0.4, -0.2) is 24.8 Å². The zero-order valence-electron chi connectivity index (χ0n) is 22.6. The van der Waals surface area contributed by atoms with Gasteiger partial charge in [0, 0.05) is 23.4 Å². The number of ether oxygens (including phenoxy) is 2. The lowest BCUT2D eigenvalue weighted by molar-refractivity contribution is -0.275. The van der Waals surface area contributed by atoms with Crippen LogP contribution >= 0.6 is 11.8 Å². The second-order valence-corrected chi connectivity index (χ2v) is 10.8. The zero-order valence-corrected chi connectivity index (χ0v) is 23.4. The molecule has 3 nitrogen and oxygen atoms in total. The van der Waals surface area contributed by atoms with E-state index in [4.69, 9.17) is 0 Å². The van der Waals surface area contributed by atoms with Gasteiger partial charge in [-0.15, -0.1) is 26.3 Å². The summed E-state index contributed by atoms with van der Waals surface area (Å²) in [6, 6.07) is 24.6. The standard InChI is InChI=1S/C31H24F9NO2S/c32-29(33,34)42-25-13-6-11-23(16-25)28(18-21-8-2-1-3-9-21,24-12-7-14-26(17-24)43-30(35,36)37)20-41-19-22-10-4-5-15-27(22)44-31(38,39)40/h1-17,41H,18-20H2. The van der Waals surface area contributed by atoms with Crippen LogP contribution in [0.3, 0.4) is 0 Å². The van der Waals surface area contributed by atoms with Gasteiger partial charge in [0.05, 0.1) is 0 Å². The summed E-state index contributed by atoms with van der Waals surface area (Å²) in [6.07, 6.45) is -9.96. The molecular weight excluding hydrogens is 621 g/mol. The Morgan fingerprint density at radius 1 is 0.591 bits per heavy atom. The maximum absolute atomic E-state index is 13.2. The summed E-state index contributed by atoms with van der Waals surface area (Å²) < 4.78 is 127. The number of thioether (sulfide) groups is 1. The van der Waals surface area contributed by atoms with E-state index in [1.165, 1.54) is 42.5 Å². The average molecular weight is 646 g/mol. The fourth-order valence-electron chi connectivity index (χ4n) is 4.85. The summed E-state index contributed by atoms with van der Waals surface area (Å²) in [5.41, 5.74) is -4.43. The van der Waals surface area contributed by atoms with Crippen molar-refractivity contribution in [3.8, 4) is 11.5 Å². The van der Waals surface area contributed by atoms with Crippen molar-refractivity contribution in [1.82, 2.24) is 5.32 Å². The molecule has 0 heterocycles. The fraction of sp³-hybridized carbons (Fsp3) is 0.226. The van der Waals surface area contributed by atoms with Crippen LogP contribution in [-0.2, 0) is 18.4 Å². The Kier molecular flexibility index (Phi) is 10.1. The SMILES string of the molecule is FC(F)(F)Oc1cccc(C(CNCc2ccccc2SC(F)(F)F)(Cc2ccccc2)c2cccc(OC(F)(F)F)c2)c1. The number of hydrogen-bond acceptors (Lipinski definition) is 4. The van der Waals surface area contributed by atoms with E-state index in [1.807, 2.05) is 0 Å². The van der Waals surface area contributed by atoms with Gasteiger partial charge in [0.1, 0.15) is 11.5 Å². The molecule has 0 aliphatic heterocycles. The van der Waals surface area contributed by atoms with Gasteiger partial charge in [-0.05, 0) is 70.8 Å². The van der Waals surface area contributed by atoms with E-state index < -0.39 is 35.1 Å². The van der Waals surface area contributed by atoms with E-state index in [2.05, 4.69) is 14.8 Å². The minimum Gasteiger partial charge on any atom is -0.406 e. The molecule has 0 aromatic heterocycles. The minimum atomic E-state index is -5.01. The monoisotopic (exact) mass is 645 g/mol. The molecular formula is C31H24F9NO2S. The second-order valence-electron chi connectivity index (χ2n) is 9.65. The smallest absolute Gasteiger partial charge is 0.406 e. The van der Waals surface area contributed by atoms with Gasteiger partial charge in [0.2, 0.25) is 0 Å². The molecule has 4 rings (SSSR count). The molecule has 0 saturated carbocycles. The predicted molar refractivity (Wildman–Crippen MR) is 147 cm³/mol. The maximum Gasteiger partial charge on any atom is 0.573 e. The van der Waals surface area contributed by atoms with E-state index >= 15 is 0 Å². The van der Waals surface area contributed by atoms with Gasteiger partial charge >= 0.3 is 18.2 Å². The number of halogens is 9. The summed E-state index contributed by atoms with van der Waals surface area (Å²) >= 11 is -0.291. The Morgan fingerprint density at radius 3 is 1.64 bits per heavy atom. The van der Waals surface area contributed by atoms with Crippen molar-refractivity contribution in [1.29, 1.82) is 0 Å². The Bertz CT molecular complexity index is 1460. The Balaban J connectivity index is 1.83. The molecule has 0 amide bonds. The lowest BCUT2D eigenvalue weighted by atomic mass is 9.70. The van der Waals surface area contributed by atoms with Crippen LogP contribution in [0.1, 0.15) is 22.3 Å². The van der Waals surface area contributed by atoms with E-state index in [-0.39, 0.29) is 47.3 Å². The molecule has 0 radical (unpaired) electrons. The van der Waals surface area contributed by atoms with Crippen molar-refractivity contribution < 1.29 is 49.0 Å². The molecule has 13 heteroatoms. The molecule has 0 spiro atoms. The molecule has 0 atom stereocenters. The van der Waals surface area contributed by atoms with Crippen LogP contribution in [0.25, 0.3) is 0 Å². The van der Waals surface area contributed by atoms with Crippen LogP contribution in [0.4, 0.5) is 39.5 Å². The molecule has 0 bridgehead atoms. The third kappa shape index (κ3) is 9.58. The van der Waals surface area contributed by atoms with Gasteiger partial charge in [-0.1, -0.05) is 72.8 Å². The molecule has 1 N–H and O–H groups in total. The molecule has 234 valence electrons. The second kappa shape index (κ2) is 13.4. The van der Waals surface area contributed by atoms with E-state index in [1.54, 1.807) is 36.4 Å². The third-order valence-electron chi connectivity index (χ3n) is 6.53. The molecule has 0 aliphatic rings. The normalized spacial score (nSPS) is 12.7. The molecule has 0 fully saturated rings. The lowest BCUT2D eigenvalue weighted by Gasteiger charge is -2.36. The summed E-state index contributed by atoms with van der Waals surface area (Å²) in [5.74, 6) is -1.11. The largest absolute Gasteiger partial charge is 0.573 e. The summed E-state index contributed by atoms with van der Waals surface area (Å²) in [6.45, 7) is -0.203. The lowest BCUT2D eigenvalue weighted by Crippen LogP contribution is -2.41. The topological polar surface area (TPSA) is 30.5 Å². The first-order valence-corrected chi connectivity index (χ1v) is 13.7. The highest BCUT2D eigenvalue weighted by Crippen LogP contribution is 2.41. The van der Waals surface area contributed by atoms with Crippen LogP contribution < -0.4 is 14.8 Å². The van der Waals surface area contributed by atoms with Crippen LogP contribution in [0.5, 0.6) is 11.5 Å². The molecule has 0 aliphatic carbocycles. The summed E-state index contributed by atoms with van der Waals surface area (Å²) in [5, 5.41) is 3.11. The number of nitrogens with one attached hydrogen (secondary N) is 1. The first kappa shape index (κ1) is 33.1. The van der Waals surface area contributed by atoms with Crippen molar-refractivity contribution in [3.63, 3.8) is 0 Å². The number of benzene rings is 4. The highest BCUT2D eigenvalue weighted by atomic mass is 32.2. The Labute approximate surface area is 251 Å².